The Morgan fingerprint density at radius 3 is 1.90 bits per heavy atom. The van der Waals surface area contributed by atoms with Crippen molar-refractivity contribution in [3.63, 3.8) is 0 Å². The monoisotopic (exact) mass is 264 g/mol. The van der Waals surface area contributed by atoms with E-state index in [1.807, 2.05) is 60.7 Å². The Balaban J connectivity index is 1.85. The molecule has 1 aromatic heterocycles. The van der Waals surface area contributed by atoms with Crippen molar-refractivity contribution in [1.29, 1.82) is 0 Å². The molecule has 0 amide bonds. The van der Waals surface area contributed by atoms with Crippen molar-refractivity contribution in [2.24, 2.45) is 0 Å². The molecular formula is C16H12N2O2. The van der Waals surface area contributed by atoms with Gasteiger partial charge in [0.2, 0.25) is 0 Å². The number of para-hydroxylation sites is 2. The van der Waals surface area contributed by atoms with Gasteiger partial charge in [0, 0.05) is 6.07 Å². The van der Waals surface area contributed by atoms with Crippen molar-refractivity contribution in [1.82, 2.24) is 10.2 Å². The van der Waals surface area contributed by atoms with Crippen LogP contribution in [0.25, 0.3) is 0 Å². The fraction of sp³-hybridized carbons (Fsp3) is 0. The maximum Gasteiger partial charge on any atom is 0.282 e. The van der Waals surface area contributed by atoms with Crippen LogP contribution in [0.1, 0.15) is 0 Å². The molecule has 98 valence electrons. The largest absolute Gasteiger partial charge is 0.452 e. The second-order valence-electron chi connectivity index (χ2n) is 4.03. The predicted octanol–water partition coefficient (Wildman–Crippen LogP) is 4.06. The smallest absolute Gasteiger partial charge is 0.282 e. The van der Waals surface area contributed by atoms with Gasteiger partial charge in [-0.1, -0.05) is 36.4 Å². The van der Waals surface area contributed by atoms with E-state index in [1.54, 1.807) is 12.3 Å². The molecule has 0 aliphatic heterocycles. The average Bonchev–Trinajstić information content (AvgIpc) is 2.51. The Hall–Kier alpha value is -2.88. The van der Waals surface area contributed by atoms with Gasteiger partial charge in [0.25, 0.3) is 5.88 Å². The van der Waals surface area contributed by atoms with Crippen molar-refractivity contribution in [3.8, 4) is 23.1 Å². The van der Waals surface area contributed by atoms with Gasteiger partial charge in [-0.25, -0.2) is 0 Å². The maximum absolute atomic E-state index is 5.75. The summed E-state index contributed by atoms with van der Waals surface area (Å²) in [5.41, 5.74) is 0. The quantitative estimate of drug-likeness (QED) is 0.712. The zero-order valence-corrected chi connectivity index (χ0v) is 10.6. The molecule has 0 radical (unpaired) electrons. The van der Waals surface area contributed by atoms with Gasteiger partial charge in [-0.05, 0) is 24.3 Å². The van der Waals surface area contributed by atoms with E-state index in [-0.39, 0.29) is 0 Å². The van der Waals surface area contributed by atoms with E-state index in [0.717, 1.165) is 5.75 Å². The lowest BCUT2D eigenvalue weighted by Crippen LogP contribution is -1.94. The van der Waals surface area contributed by atoms with Crippen LogP contribution >= 0.6 is 0 Å². The first-order valence-corrected chi connectivity index (χ1v) is 6.19. The standard InChI is InChI=1S/C16H12N2O2/c1-3-7-13(8-4-1)19-15-11-12-17-18-16(15)20-14-9-5-2-6-10-14/h1-12H. The van der Waals surface area contributed by atoms with Crippen molar-refractivity contribution in [3.05, 3.63) is 72.9 Å². The van der Waals surface area contributed by atoms with E-state index < -0.39 is 0 Å². The molecule has 0 atom stereocenters. The van der Waals surface area contributed by atoms with Gasteiger partial charge in [-0.2, -0.15) is 5.10 Å². The van der Waals surface area contributed by atoms with Crippen LogP contribution in [-0.4, -0.2) is 10.2 Å². The van der Waals surface area contributed by atoms with E-state index >= 15 is 0 Å². The molecule has 0 saturated heterocycles. The summed E-state index contributed by atoms with van der Waals surface area (Å²) in [6, 6.07) is 20.6. The third-order valence-electron chi connectivity index (χ3n) is 2.58. The maximum atomic E-state index is 5.75. The van der Waals surface area contributed by atoms with E-state index in [4.69, 9.17) is 9.47 Å². The zero-order valence-electron chi connectivity index (χ0n) is 10.6. The molecule has 1 heterocycles. The molecule has 0 unspecified atom stereocenters. The van der Waals surface area contributed by atoms with Gasteiger partial charge in [0.05, 0.1) is 6.20 Å². The van der Waals surface area contributed by atoms with Crippen molar-refractivity contribution >= 4 is 0 Å². The van der Waals surface area contributed by atoms with Gasteiger partial charge in [0.1, 0.15) is 11.5 Å². The van der Waals surface area contributed by atoms with Crippen molar-refractivity contribution in [2.45, 2.75) is 0 Å². The van der Waals surface area contributed by atoms with Crippen LogP contribution in [0.5, 0.6) is 23.1 Å². The highest BCUT2D eigenvalue weighted by Crippen LogP contribution is 2.31. The molecule has 3 rings (SSSR count). The minimum Gasteiger partial charge on any atom is -0.452 e. The summed E-state index contributed by atoms with van der Waals surface area (Å²) in [4.78, 5) is 0. The summed E-state index contributed by atoms with van der Waals surface area (Å²) < 4.78 is 11.4. The number of hydrogen-bond donors (Lipinski definition) is 0. The van der Waals surface area contributed by atoms with Crippen LogP contribution in [0.4, 0.5) is 0 Å². The molecule has 0 aliphatic carbocycles. The second kappa shape index (κ2) is 5.84. The van der Waals surface area contributed by atoms with Gasteiger partial charge in [-0.15, -0.1) is 5.10 Å². The fourth-order valence-corrected chi connectivity index (χ4v) is 1.67. The summed E-state index contributed by atoms with van der Waals surface area (Å²) in [6.45, 7) is 0. The molecule has 20 heavy (non-hydrogen) atoms. The Kier molecular flexibility index (Phi) is 3.55. The van der Waals surface area contributed by atoms with E-state index in [1.165, 1.54) is 0 Å². The van der Waals surface area contributed by atoms with Crippen LogP contribution in [0.15, 0.2) is 72.9 Å². The number of rotatable bonds is 4. The highest BCUT2D eigenvalue weighted by molar-refractivity contribution is 5.39. The molecule has 0 saturated carbocycles. The normalized spacial score (nSPS) is 10.0. The summed E-state index contributed by atoms with van der Waals surface area (Å²) in [5.74, 6) is 2.27. The van der Waals surface area contributed by atoms with E-state index in [2.05, 4.69) is 10.2 Å². The SMILES string of the molecule is c1ccc(Oc2ccnnc2Oc2ccccc2)cc1. The molecule has 0 spiro atoms. The molecule has 0 aliphatic rings. The summed E-state index contributed by atoms with van der Waals surface area (Å²) in [7, 11) is 0. The Morgan fingerprint density at radius 2 is 1.25 bits per heavy atom. The molecule has 0 N–H and O–H groups in total. The highest BCUT2D eigenvalue weighted by atomic mass is 16.5. The number of hydrogen-bond acceptors (Lipinski definition) is 4. The van der Waals surface area contributed by atoms with Crippen molar-refractivity contribution in [2.75, 3.05) is 0 Å². The first kappa shape index (κ1) is 12.2. The summed E-state index contributed by atoms with van der Waals surface area (Å²) >= 11 is 0. The van der Waals surface area contributed by atoms with E-state index in [0.29, 0.717) is 17.4 Å². The highest BCUT2D eigenvalue weighted by Gasteiger charge is 2.09. The molecule has 4 heteroatoms. The molecular weight excluding hydrogens is 252 g/mol. The first-order valence-electron chi connectivity index (χ1n) is 6.19. The Bertz CT molecular complexity index is 612. The minimum atomic E-state index is 0.336. The zero-order chi connectivity index (χ0) is 13.6. The lowest BCUT2D eigenvalue weighted by Gasteiger charge is -2.10. The van der Waals surface area contributed by atoms with Crippen LogP contribution in [0, 0.1) is 0 Å². The van der Waals surface area contributed by atoms with Crippen molar-refractivity contribution < 1.29 is 9.47 Å². The van der Waals surface area contributed by atoms with Crippen LogP contribution in [-0.2, 0) is 0 Å². The van der Waals surface area contributed by atoms with Gasteiger partial charge < -0.3 is 9.47 Å². The number of nitrogens with zero attached hydrogens (tertiary/aromatic N) is 2. The molecule has 2 aromatic carbocycles. The molecule has 4 nitrogen and oxygen atoms in total. The lowest BCUT2D eigenvalue weighted by atomic mass is 10.3. The average molecular weight is 264 g/mol. The fourth-order valence-electron chi connectivity index (χ4n) is 1.67. The first-order chi connectivity index (χ1) is 9.92. The number of ether oxygens (including phenoxy) is 2. The Labute approximate surface area is 116 Å². The number of benzene rings is 2. The minimum absolute atomic E-state index is 0.336. The molecule has 0 fully saturated rings. The third-order valence-corrected chi connectivity index (χ3v) is 2.58. The summed E-state index contributed by atoms with van der Waals surface area (Å²) in [5, 5.41) is 7.80. The third kappa shape index (κ3) is 2.92. The predicted molar refractivity (Wildman–Crippen MR) is 75.1 cm³/mol. The van der Waals surface area contributed by atoms with Crippen LogP contribution in [0.3, 0.4) is 0 Å². The topological polar surface area (TPSA) is 44.2 Å². The second-order valence-corrected chi connectivity index (χ2v) is 4.03. The van der Waals surface area contributed by atoms with Gasteiger partial charge >= 0.3 is 0 Å². The Morgan fingerprint density at radius 1 is 0.650 bits per heavy atom. The molecule has 3 aromatic rings. The van der Waals surface area contributed by atoms with Gasteiger partial charge in [-0.3, -0.25) is 0 Å². The molecule has 0 bridgehead atoms. The van der Waals surface area contributed by atoms with Crippen LogP contribution < -0.4 is 9.47 Å². The summed E-state index contributed by atoms with van der Waals surface area (Å²) in [6.07, 6.45) is 1.57. The lowest BCUT2D eigenvalue weighted by molar-refractivity contribution is 0.399. The van der Waals surface area contributed by atoms with Gasteiger partial charge in [0.15, 0.2) is 5.75 Å². The van der Waals surface area contributed by atoms with E-state index in [9.17, 15) is 0 Å². The van der Waals surface area contributed by atoms with Crippen LogP contribution in [0.2, 0.25) is 0 Å². The number of aromatic nitrogens is 2.